The van der Waals surface area contributed by atoms with Gasteiger partial charge < -0.3 is 14.3 Å². The largest absolute Gasteiger partial charge is 0.463 e. The van der Waals surface area contributed by atoms with Crippen LogP contribution < -0.4 is 5.32 Å². The number of carbonyl (C=O) groups is 1. The topological polar surface area (TPSA) is 81.2 Å². The van der Waals surface area contributed by atoms with Gasteiger partial charge in [-0.1, -0.05) is 5.16 Å². The summed E-state index contributed by atoms with van der Waals surface area (Å²) in [4.78, 5) is 17.3. The van der Waals surface area contributed by atoms with Gasteiger partial charge >= 0.3 is 0 Å². The lowest BCUT2D eigenvalue weighted by Gasteiger charge is -2.10. The van der Waals surface area contributed by atoms with E-state index in [0.29, 0.717) is 39.3 Å². The van der Waals surface area contributed by atoms with E-state index in [-0.39, 0.29) is 17.4 Å². The van der Waals surface area contributed by atoms with E-state index in [9.17, 15) is 9.18 Å². The van der Waals surface area contributed by atoms with E-state index in [1.165, 1.54) is 24.5 Å². The number of hydrogen-bond donors (Lipinski definition) is 1. The summed E-state index contributed by atoms with van der Waals surface area (Å²) >= 11 is 0. The first kappa shape index (κ1) is 16.0. The molecule has 26 heavy (non-hydrogen) atoms. The van der Waals surface area contributed by atoms with Gasteiger partial charge in [0.05, 0.1) is 22.9 Å². The van der Waals surface area contributed by atoms with Crippen molar-refractivity contribution in [2.75, 3.05) is 5.32 Å². The van der Waals surface area contributed by atoms with Gasteiger partial charge in [0, 0.05) is 5.69 Å². The SMILES string of the molecule is Cc1cc(F)ccc1NC(=O)c1cc(-c2ccco2)nc2onc(C)c12. The number of hydrogen-bond acceptors (Lipinski definition) is 5. The van der Waals surface area contributed by atoms with Crippen molar-refractivity contribution in [3.63, 3.8) is 0 Å². The molecule has 0 fully saturated rings. The lowest BCUT2D eigenvalue weighted by atomic mass is 10.1. The fourth-order valence-electron chi connectivity index (χ4n) is 2.78. The van der Waals surface area contributed by atoms with Gasteiger partial charge in [0.1, 0.15) is 11.5 Å². The molecule has 0 saturated heterocycles. The van der Waals surface area contributed by atoms with Gasteiger partial charge in [0.25, 0.3) is 11.6 Å². The van der Waals surface area contributed by atoms with Gasteiger partial charge in [0.2, 0.25) is 0 Å². The second kappa shape index (κ2) is 6.11. The van der Waals surface area contributed by atoms with Crippen LogP contribution in [-0.4, -0.2) is 16.0 Å². The molecule has 0 radical (unpaired) electrons. The first-order valence-corrected chi connectivity index (χ1v) is 7.91. The highest BCUT2D eigenvalue weighted by Gasteiger charge is 2.20. The first-order chi connectivity index (χ1) is 12.5. The number of anilines is 1. The fraction of sp³-hybridized carbons (Fsp3) is 0.105. The van der Waals surface area contributed by atoms with Gasteiger partial charge in [-0.05, 0) is 55.8 Å². The Morgan fingerprint density at radius 3 is 2.77 bits per heavy atom. The number of amides is 1. The summed E-state index contributed by atoms with van der Waals surface area (Å²) in [6, 6.07) is 9.27. The molecule has 0 aliphatic rings. The number of pyridine rings is 1. The number of fused-ring (bicyclic) bond motifs is 1. The summed E-state index contributed by atoms with van der Waals surface area (Å²) < 4.78 is 23.9. The van der Waals surface area contributed by atoms with Crippen LogP contribution in [0, 0.1) is 19.7 Å². The van der Waals surface area contributed by atoms with Crippen LogP contribution >= 0.6 is 0 Å². The molecule has 1 amide bonds. The second-order valence-electron chi connectivity index (χ2n) is 5.89. The van der Waals surface area contributed by atoms with Crippen LogP contribution in [0.4, 0.5) is 10.1 Å². The van der Waals surface area contributed by atoms with E-state index in [1.54, 1.807) is 32.0 Å². The molecule has 1 N–H and O–H groups in total. The Morgan fingerprint density at radius 1 is 1.19 bits per heavy atom. The average molecular weight is 351 g/mol. The summed E-state index contributed by atoms with van der Waals surface area (Å²) in [6.45, 7) is 3.46. The lowest BCUT2D eigenvalue weighted by Crippen LogP contribution is -2.14. The molecule has 0 saturated carbocycles. The summed E-state index contributed by atoms with van der Waals surface area (Å²) in [5.41, 5.74) is 2.76. The molecule has 6 nitrogen and oxygen atoms in total. The van der Waals surface area contributed by atoms with Gasteiger partial charge in [-0.25, -0.2) is 9.37 Å². The van der Waals surface area contributed by atoms with Gasteiger partial charge in [0.15, 0.2) is 5.76 Å². The van der Waals surface area contributed by atoms with Gasteiger partial charge in [-0.2, -0.15) is 0 Å². The van der Waals surface area contributed by atoms with Crippen molar-refractivity contribution in [3.8, 4) is 11.5 Å². The molecular formula is C19H14FN3O3. The quantitative estimate of drug-likeness (QED) is 0.588. The van der Waals surface area contributed by atoms with Crippen LogP contribution in [0.5, 0.6) is 0 Å². The number of nitrogens with one attached hydrogen (secondary N) is 1. The van der Waals surface area contributed by atoms with E-state index < -0.39 is 0 Å². The summed E-state index contributed by atoms with van der Waals surface area (Å²) in [5, 5.41) is 7.23. The van der Waals surface area contributed by atoms with Crippen LogP contribution in [0.2, 0.25) is 0 Å². The summed E-state index contributed by atoms with van der Waals surface area (Å²) in [5.74, 6) is -0.221. The monoisotopic (exact) mass is 351 g/mol. The molecule has 0 aliphatic heterocycles. The number of aryl methyl sites for hydroxylation is 2. The van der Waals surface area contributed by atoms with Gasteiger partial charge in [-0.3, -0.25) is 4.79 Å². The average Bonchev–Trinajstić information content (AvgIpc) is 3.27. The van der Waals surface area contributed by atoms with E-state index in [4.69, 9.17) is 8.94 Å². The zero-order valence-electron chi connectivity index (χ0n) is 14.0. The number of benzene rings is 1. The molecule has 3 aromatic heterocycles. The maximum Gasteiger partial charge on any atom is 0.259 e. The number of carbonyl (C=O) groups excluding carboxylic acids is 1. The highest BCUT2D eigenvalue weighted by molar-refractivity contribution is 6.13. The first-order valence-electron chi connectivity index (χ1n) is 7.91. The van der Waals surface area contributed by atoms with E-state index in [0.717, 1.165) is 0 Å². The number of furan rings is 1. The maximum absolute atomic E-state index is 13.3. The van der Waals surface area contributed by atoms with E-state index in [1.807, 2.05) is 0 Å². The molecule has 4 aromatic rings. The Labute approximate surface area is 147 Å². The molecular weight excluding hydrogens is 337 g/mol. The van der Waals surface area contributed by atoms with Crippen molar-refractivity contribution >= 4 is 22.7 Å². The Bertz CT molecular complexity index is 1120. The van der Waals surface area contributed by atoms with Crippen LogP contribution in [-0.2, 0) is 0 Å². The summed E-state index contributed by atoms with van der Waals surface area (Å²) in [7, 11) is 0. The summed E-state index contributed by atoms with van der Waals surface area (Å²) in [6.07, 6.45) is 1.52. The second-order valence-corrected chi connectivity index (χ2v) is 5.89. The number of halogens is 1. The van der Waals surface area contributed by atoms with Crippen molar-refractivity contribution in [2.45, 2.75) is 13.8 Å². The molecule has 0 aliphatic carbocycles. The van der Waals surface area contributed by atoms with Crippen molar-refractivity contribution in [3.05, 3.63) is 65.3 Å². The third kappa shape index (κ3) is 2.73. The molecule has 0 bridgehead atoms. The number of nitrogens with zero attached hydrogens (tertiary/aromatic N) is 2. The highest BCUT2D eigenvalue weighted by Crippen LogP contribution is 2.28. The number of aromatic nitrogens is 2. The predicted molar refractivity (Wildman–Crippen MR) is 93.3 cm³/mol. The van der Waals surface area contributed by atoms with Crippen LogP contribution in [0.1, 0.15) is 21.6 Å². The standard InChI is InChI=1S/C19H14FN3O3/c1-10-8-12(20)5-6-14(10)21-18(24)13-9-15(16-4-3-7-25-16)22-19-17(13)11(2)23-26-19/h3-9H,1-2H3,(H,21,24). The van der Waals surface area contributed by atoms with E-state index in [2.05, 4.69) is 15.5 Å². The predicted octanol–water partition coefficient (Wildman–Crippen LogP) is 4.49. The minimum atomic E-state index is -0.369. The van der Waals surface area contributed by atoms with Crippen molar-refractivity contribution in [2.24, 2.45) is 0 Å². The van der Waals surface area contributed by atoms with Gasteiger partial charge in [-0.15, -0.1) is 0 Å². The normalized spacial score (nSPS) is 11.0. The smallest absolute Gasteiger partial charge is 0.259 e. The highest BCUT2D eigenvalue weighted by atomic mass is 19.1. The number of rotatable bonds is 3. The molecule has 1 aromatic carbocycles. The van der Waals surface area contributed by atoms with Crippen molar-refractivity contribution in [1.29, 1.82) is 0 Å². The molecule has 0 unspecified atom stereocenters. The fourth-order valence-corrected chi connectivity index (χ4v) is 2.78. The molecule has 7 heteroatoms. The Morgan fingerprint density at radius 2 is 2.04 bits per heavy atom. The molecule has 130 valence electrons. The lowest BCUT2D eigenvalue weighted by molar-refractivity contribution is 0.102. The van der Waals surface area contributed by atoms with Crippen LogP contribution in [0.3, 0.4) is 0 Å². The van der Waals surface area contributed by atoms with E-state index >= 15 is 0 Å². The van der Waals surface area contributed by atoms with Crippen LogP contribution in [0.15, 0.2) is 51.6 Å². The van der Waals surface area contributed by atoms with Crippen molar-refractivity contribution < 1.29 is 18.1 Å². The zero-order chi connectivity index (χ0) is 18.3. The maximum atomic E-state index is 13.3. The third-order valence-corrected chi connectivity index (χ3v) is 4.07. The Balaban J connectivity index is 1.81. The Kier molecular flexibility index (Phi) is 3.76. The molecule has 4 rings (SSSR count). The molecule has 0 atom stereocenters. The van der Waals surface area contributed by atoms with Crippen molar-refractivity contribution in [1.82, 2.24) is 10.1 Å². The van der Waals surface area contributed by atoms with Crippen LogP contribution in [0.25, 0.3) is 22.6 Å². The molecule has 3 heterocycles. The zero-order valence-corrected chi connectivity index (χ0v) is 14.0. The Hall–Kier alpha value is -3.48. The minimum Gasteiger partial charge on any atom is -0.463 e. The molecule has 0 spiro atoms. The minimum absolute atomic E-state index is 0.248. The third-order valence-electron chi connectivity index (χ3n) is 4.07.